The number of hydrogen-bond donors (Lipinski definition) is 0. The molecular weight excluding hydrogens is 901 g/mol. The molecule has 0 fully saturated rings. The summed E-state index contributed by atoms with van der Waals surface area (Å²) in [5.41, 5.74) is 0. The summed E-state index contributed by atoms with van der Waals surface area (Å²) in [4.78, 5) is 38.3. The van der Waals surface area contributed by atoms with Crippen LogP contribution in [0, 0.1) is 0 Å². The third-order valence-corrected chi connectivity index (χ3v) is 13.4. The number of unbranched alkanes of at least 4 members (excludes halogenated alkanes) is 31. The number of ether oxygens (including phenoxy) is 3. The van der Waals surface area contributed by atoms with Crippen LogP contribution in [0.25, 0.3) is 0 Å². The number of hydrogen-bond acceptors (Lipinski definition) is 6. The van der Waals surface area contributed by atoms with E-state index in [-0.39, 0.29) is 31.1 Å². The van der Waals surface area contributed by atoms with E-state index in [1.165, 1.54) is 135 Å². The second-order valence-electron chi connectivity index (χ2n) is 20.6. The summed E-state index contributed by atoms with van der Waals surface area (Å²) in [6.45, 7) is 6.51. The first kappa shape index (κ1) is 69.6. The maximum absolute atomic E-state index is 12.9. The summed E-state index contributed by atoms with van der Waals surface area (Å²) in [5.74, 6) is -0.907. The van der Waals surface area contributed by atoms with Crippen molar-refractivity contribution in [3.8, 4) is 0 Å². The number of carbonyl (C=O) groups is 3. The lowest BCUT2D eigenvalue weighted by Crippen LogP contribution is -2.30. The number of carbonyl (C=O) groups excluding carboxylic acids is 3. The van der Waals surface area contributed by atoms with Crippen LogP contribution >= 0.6 is 0 Å². The average Bonchev–Trinajstić information content (AvgIpc) is 3.39. The Morgan fingerprint density at radius 1 is 0.288 bits per heavy atom. The Hall–Kier alpha value is -3.41. The first-order chi connectivity index (χ1) is 36.0. The maximum atomic E-state index is 12.9. The molecule has 420 valence electrons. The van der Waals surface area contributed by atoms with Gasteiger partial charge in [0.1, 0.15) is 13.2 Å². The van der Waals surface area contributed by atoms with Crippen molar-refractivity contribution in [2.75, 3.05) is 13.2 Å². The molecule has 0 aliphatic rings. The van der Waals surface area contributed by atoms with E-state index in [2.05, 4.69) is 106 Å². The first-order valence-electron chi connectivity index (χ1n) is 31.1. The van der Waals surface area contributed by atoms with Crippen LogP contribution in [0.2, 0.25) is 0 Å². The second kappa shape index (κ2) is 61.1. The smallest absolute Gasteiger partial charge is 0.306 e. The van der Waals surface area contributed by atoms with E-state index in [0.717, 1.165) is 128 Å². The van der Waals surface area contributed by atoms with Gasteiger partial charge in [-0.3, -0.25) is 14.4 Å². The van der Waals surface area contributed by atoms with Crippen LogP contribution in [-0.2, 0) is 28.6 Å². The summed E-state index contributed by atoms with van der Waals surface area (Å²) in [5, 5.41) is 0. The van der Waals surface area contributed by atoms with Gasteiger partial charge in [0.2, 0.25) is 0 Å². The van der Waals surface area contributed by atoms with Crippen molar-refractivity contribution in [2.24, 2.45) is 0 Å². The van der Waals surface area contributed by atoms with Crippen molar-refractivity contribution in [2.45, 2.75) is 309 Å². The van der Waals surface area contributed by atoms with Crippen molar-refractivity contribution < 1.29 is 28.6 Å². The summed E-state index contributed by atoms with van der Waals surface area (Å²) in [6, 6.07) is 0. The van der Waals surface area contributed by atoms with Crippen molar-refractivity contribution in [1.29, 1.82) is 0 Å². The van der Waals surface area contributed by atoms with Gasteiger partial charge in [0, 0.05) is 19.3 Å². The Kier molecular flexibility index (Phi) is 58.3. The topological polar surface area (TPSA) is 78.9 Å². The quantitative estimate of drug-likeness (QED) is 0.0261. The Morgan fingerprint density at radius 2 is 0.534 bits per heavy atom. The maximum Gasteiger partial charge on any atom is 0.306 e. The molecule has 0 aromatic rings. The van der Waals surface area contributed by atoms with Gasteiger partial charge in [-0.2, -0.15) is 0 Å². The van der Waals surface area contributed by atoms with Crippen LogP contribution in [0.15, 0.2) is 85.1 Å². The fourth-order valence-corrected chi connectivity index (χ4v) is 8.74. The highest BCUT2D eigenvalue weighted by Crippen LogP contribution is 2.16. The molecule has 1 unspecified atom stereocenters. The lowest BCUT2D eigenvalue weighted by atomic mass is 10.0. The molecule has 1 atom stereocenters. The van der Waals surface area contributed by atoms with Crippen molar-refractivity contribution >= 4 is 17.9 Å². The Bertz CT molecular complexity index is 1400. The average molecular weight is 1020 g/mol. The number of rotatable bonds is 56. The summed E-state index contributed by atoms with van der Waals surface area (Å²) in [6.07, 6.45) is 80.0. The van der Waals surface area contributed by atoms with Gasteiger partial charge in [0.25, 0.3) is 0 Å². The molecule has 0 saturated carbocycles. The molecule has 0 N–H and O–H groups in total. The molecule has 0 spiro atoms. The van der Waals surface area contributed by atoms with Gasteiger partial charge in [0.15, 0.2) is 6.10 Å². The molecular formula is C67H116O6. The summed E-state index contributed by atoms with van der Waals surface area (Å²) in [7, 11) is 0. The van der Waals surface area contributed by atoms with Crippen molar-refractivity contribution in [3.05, 3.63) is 85.1 Å². The lowest BCUT2D eigenvalue weighted by Gasteiger charge is -2.18. The normalized spacial score (nSPS) is 12.6. The highest BCUT2D eigenvalue weighted by Gasteiger charge is 2.19. The van der Waals surface area contributed by atoms with Crippen molar-refractivity contribution in [3.63, 3.8) is 0 Å². The van der Waals surface area contributed by atoms with Gasteiger partial charge in [-0.1, -0.05) is 273 Å². The fourth-order valence-electron chi connectivity index (χ4n) is 8.74. The molecule has 0 aliphatic carbocycles. The lowest BCUT2D eigenvalue weighted by molar-refractivity contribution is -0.167. The van der Waals surface area contributed by atoms with Gasteiger partial charge in [-0.15, -0.1) is 0 Å². The molecule has 0 radical (unpaired) electrons. The molecule has 0 aliphatic heterocycles. The fraction of sp³-hybridized carbons (Fsp3) is 0.746. The minimum atomic E-state index is -0.790. The van der Waals surface area contributed by atoms with Gasteiger partial charge in [0.05, 0.1) is 0 Å². The zero-order valence-corrected chi connectivity index (χ0v) is 48.1. The molecule has 0 bridgehead atoms. The largest absolute Gasteiger partial charge is 0.462 e. The monoisotopic (exact) mass is 1020 g/mol. The third-order valence-electron chi connectivity index (χ3n) is 13.4. The van der Waals surface area contributed by atoms with E-state index in [1.54, 1.807) is 0 Å². The third kappa shape index (κ3) is 59.3. The van der Waals surface area contributed by atoms with E-state index in [0.29, 0.717) is 19.3 Å². The minimum Gasteiger partial charge on any atom is -0.462 e. The highest BCUT2D eigenvalue weighted by atomic mass is 16.6. The van der Waals surface area contributed by atoms with E-state index >= 15 is 0 Å². The van der Waals surface area contributed by atoms with Gasteiger partial charge < -0.3 is 14.2 Å². The Labute approximate surface area is 452 Å². The van der Waals surface area contributed by atoms with E-state index < -0.39 is 6.10 Å². The first-order valence-corrected chi connectivity index (χ1v) is 31.1. The van der Waals surface area contributed by atoms with E-state index in [4.69, 9.17) is 14.2 Å². The molecule has 6 nitrogen and oxygen atoms in total. The Balaban J connectivity index is 4.41. The molecule has 0 saturated heterocycles. The molecule has 0 aromatic carbocycles. The molecule has 0 rings (SSSR count). The minimum absolute atomic E-state index is 0.0881. The molecule has 0 heterocycles. The van der Waals surface area contributed by atoms with Crippen LogP contribution in [0.3, 0.4) is 0 Å². The van der Waals surface area contributed by atoms with Crippen LogP contribution in [0.1, 0.15) is 303 Å². The molecule has 73 heavy (non-hydrogen) atoms. The molecule has 0 amide bonds. The van der Waals surface area contributed by atoms with Crippen LogP contribution in [0.4, 0.5) is 0 Å². The van der Waals surface area contributed by atoms with Gasteiger partial charge in [-0.05, 0) is 96.3 Å². The predicted molar refractivity (Wildman–Crippen MR) is 316 cm³/mol. The van der Waals surface area contributed by atoms with E-state index in [9.17, 15) is 14.4 Å². The van der Waals surface area contributed by atoms with Crippen LogP contribution < -0.4 is 0 Å². The van der Waals surface area contributed by atoms with Crippen LogP contribution in [0.5, 0.6) is 0 Å². The standard InChI is InChI=1S/C67H116O6/c1-4-7-10-13-16-19-22-25-28-30-32-33-35-36-39-42-45-48-51-54-57-60-66(69)72-63-64(62-71-65(68)59-56-53-50-47-44-41-38-27-24-21-18-15-12-9-6-3)73-67(70)61-58-55-52-49-46-43-40-37-34-31-29-26-23-20-17-14-11-8-5-2/h7,10,16,18-19,21,25,27-28,32-33,36,38-39,64H,4-6,8-9,11-15,17,20,22-24,26,29-31,34-35,37,40-63H2,1-3H3/b10-7-,19-16-,21-18-,28-25-,33-32-,38-27-,39-36-. The summed E-state index contributed by atoms with van der Waals surface area (Å²) < 4.78 is 16.9. The second-order valence-corrected chi connectivity index (χ2v) is 20.6. The Morgan fingerprint density at radius 3 is 0.863 bits per heavy atom. The van der Waals surface area contributed by atoms with E-state index in [1.807, 2.05) is 0 Å². The number of allylic oxidation sites excluding steroid dienone is 14. The van der Waals surface area contributed by atoms with Gasteiger partial charge in [-0.25, -0.2) is 0 Å². The van der Waals surface area contributed by atoms with Crippen molar-refractivity contribution in [1.82, 2.24) is 0 Å². The number of esters is 3. The SMILES string of the molecule is CC/C=C\C/C=C\C/C=C\C/C=C\C/C=C\CCCCCCCC(=O)OCC(COC(=O)CCCCCCC/C=C\C/C=C\CCCCC)OC(=O)CCCCCCCCCCCCCCCCCCCCC. The molecule has 0 aromatic heterocycles. The summed E-state index contributed by atoms with van der Waals surface area (Å²) >= 11 is 0. The van der Waals surface area contributed by atoms with Crippen LogP contribution in [-0.4, -0.2) is 37.2 Å². The zero-order valence-electron chi connectivity index (χ0n) is 48.1. The van der Waals surface area contributed by atoms with Gasteiger partial charge >= 0.3 is 17.9 Å². The highest BCUT2D eigenvalue weighted by molar-refractivity contribution is 5.71. The zero-order chi connectivity index (χ0) is 52.9. The predicted octanol–water partition coefficient (Wildman–Crippen LogP) is 21.1. The molecule has 6 heteroatoms.